The van der Waals surface area contributed by atoms with Crippen LogP contribution in [-0.4, -0.2) is 14.6 Å². The smallest absolute Gasteiger partial charge is 0.152 e. The van der Waals surface area contributed by atoms with Gasteiger partial charge in [-0.2, -0.15) is 5.10 Å². The molecule has 0 amide bonds. The Hall–Kier alpha value is -1.88. The summed E-state index contributed by atoms with van der Waals surface area (Å²) in [5.41, 5.74) is 3.45. The van der Waals surface area contributed by atoms with Crippen LogP contribution in [0.4, 0.5) is 5.82 Å². The van der Waals surface area contributed by atoms with Crippen molar-refractivity contribution < 1.29 is 0 Å². The number of rotatable bonds is 4. The predicted molar refractivity (Wildman–Crippen MR) is 83.5 cm³/mol. The summed E-state index contributed by atoms with van der Waals surface area (Å²) >= 11 is 1.77. The molecule has 0 unspecified atom stereocenters. The molecule has 4 nitrogen and oxygen atoms in total. The second-order valence-corrected chi connectivity index (χ2v) is 6.21. The molecule has 3 aromatic heterocycles. The summed E-state index contributed by atoms with van der Waals surface area (Å²) in [7, 11) is 0. The highest BCUT2D eigenvalue weighted by Crippen LogP contribution is 2.22. The number of fused-ring (bicyclic) bond motifs is 1. The number of hydrogen-bond donors (Lipinski definition) is 1. The van der Waals surface area contributed by atoms with Gasteiger partial charge in [0.25, 0.3) is 0 Å². The molecule has 20 heavy (non-hydrogen) atoms. The number of anilines is 1. The van der Waals surface area contributed by atoms with Crippen LogP contribution in [0, 0.1) is 6.92 Å². The van der Waals surface area contributed by atoms with E-state index in [-0.39, 0.29) is 0 Å². The van der Waals surface area contributed by atoms with Gasteiger partial charge in [0.05, 0.1) is 12.2 Å². The number of nitrogens with zero attached hydrogens (tertiary/aromatic N) is 3. The fourth-order valence-electron chi connectivity index (χ4n) is 2.11. The lowest BCUT2D eigenvalue weighted by atomic mass is 10.1. The Labute approximate surface area is 122 Å². The first-order valence-corrected chi connectivity index (χ1v) is 7.64. The molecule has 3 heterocycles. The third-order valence-corrected chi connectivity index (χ3v) is 4.41. The molecule has 0 atom stereocenters. The minimum Gasteiger partial charge on any atom is -0.363 e. The van der Waals surface area contributed by atoms with Crippen LogP contribution in [0.2, 0.25) is 0 Å². The Balaban J connectivity index is 1.89. The molecule has 3 aromatic rings. The van der Waals surface area contributed by atoms with Gasteiger partial charge in [-0.25, -0.2) is 9.50 Å². The molecule has 0 aliphatic heterocycles. The fourth-order valence-corrected chi connectivity index (χ4v) is 2.95. The van der Waals surface area contributed by atoms with Crippen molar-refractivity contribution in [3.8, 4) is 0 Å². The lowest BCUT2D eigenvalue weighted by molar-refractivity contribution is 0.787. The number of thiophene rings is 1. The van der Waals surface area contributed by atoms with Crippen LogP contribution in [0.3, 0.4) is 0 Å². The van der Waals surface area contributed by atoms with Crippen molar-refractivity contribution in [3.05, 3.63) is 46.0 Å². The average molecular weight is 286 g/mol. The lowest BCUT2D eigenvalue weighted by Crippen LogP contribution is -2.03. The van der Waals surface area contributed by atoms with E-state index < -0.39 is 0 Å². The zero-order chi connectivity index (χ0) is 14.1. The van der Waals surface area contributed by atoms with E-state index in [9.17, 15) is 0 Å². The second-order valence-electron chi connectivity index (χ2n) is 5.21. The van der Waals surface area contributed by atoms with E-state index in [2.05, 4.69) is 53.7 Å². The van der Waals surface area contributed by atoms with E-state index in [1.54, 1.807) is 17.5 Å². The van der Waals surface area contributed by atoms with E-state index in [1.165, 1.54) is 10.4 Å². The molecular weight excluding hydrogens is 268 g/mol. The Kier molecular flexibility index (Phi) is 3.44. The highest BCUT2D eigenvalue weighted by Gasteiger charge is 2.10. The molecule has 0 fully saturated rings. The number of aryl methyl sites for hydroxylation is 1. The fraction of sp³-hybridized carbons (Fsp3) is 0.333. The Bertz CT molecular complexity index is 726. The van der Waals surface area contributed by atoms with Crippen molar-refractivity contribution in [3.63, 3.8) is 0 Å². The molecule has 5 heteroatoms. The summed E-state index contributed by atoms with van der Waals surface area (Å²) in [6.07, 6.45) is 3.68. The summed E-state index contributed by atoms with van der Waals surface area (Å²) in [6.45, 7) is 7.24. The van der Waals surface area contributed by atoms with Crippen molar-refractivity contribution >= 4 is 22.7 Å². The van der Waals surface area contributed by atoms with Crippen molar-refractivity contribution in [1.82, 2.24) is 14.6 Å². The maximum absolute atomic E-state index is 4.57. The van der Waals surface area contributed by atoms with Gasteiger partial charge in [-0.15, -0.1) is 11.3 Å². The van der Waals surface area contributed by atoms with Gasteiger partial charge < -0.3 is 5.32 Å². The average Bonchev–Trinajstić information content (AvgIpc) is 3.02. The molecular formula is C15H18N4S. The summed E-state index contributed by atoms with van der Waals surface area (Å²) in [6, 6.07) is 4.26. The Morgan fingerprint density at radius 1 is 1.40 bits per heavy atom. The van der Waals surface area contributed by atoms with Gasteiger partial charge in [0.15, 0.2) is 5.82 Å². The highest BCUT2D eigenvalue weighted by atomic mass is 32.1. The van der Waals surface area contributed by atoms with Gasteiger partial charge in [-0.3, -0.25) is 0 Å². The standard InChI is InChI=1S/C15H18N4S/c1-10(2)12-8-13-15(16-5-6-19(13)18-12)17-9-14-11(3)4-7-20-14/h4-8,10H,9H2,1-3H3,(H,16,17). The van der Waals surface area contributed by atoms with Gasteiger partial charge >= 0.3 is 0 Å². The number of hydrogen-bond acceptors (Lipinski definition) is 4. The third kappa shape index (κ3) is 2.41. The molecule has 0 aromatic carbocycles. The maximum atomic E-state index is 4.57. The Morgan fingerprint density at radius 2 is 2.25 bits per heavy atom. The lowest BCUT2D eigenvalue weighted by Gasteiger charge is -2.06. The summed E-state index contributed by atoms with van der Waals surface area (Å²) in [4.78, 5) is 5.79. The van der Waals surface area contributed by atoms with Crippen LogP contribution in [0.25, 0.3) is 5.52 Å². The van der Waals surface area contributed by atoms with E-state index in [4.69, 9.17) is 0 Å². The zero-order valence-electron chi connectivity index (χ0n) is 11.9. The first-order valence-electron chi connectivity index (χ1n) is 6.76. The van der Waals surface area contributed by atoms with Gasteiger partial charge in [0.2, 0.25) is 0 Å². The summed E-state index contributed by atoms with van der Waals surface area (Å²) < 4.78 is 1.89. The van der Waals surface area contributed by atoms with E-state index >= 15 is 0 Å². The second kappa shape index (κ2) is 5.25. The highest BCUT2D eigenvalue weighted by molar-refractivity contribution is 7.10. The quantitative estimate of drug-likeness (QED) is 0.792. The van der Waals surface area contributed by atoms with Gasteiger partial charge in [0, 0.05) is 17.3 Å². The molecule has 104 valence electrons. The zero-order valence-corrected chi connectivity index (χ0v) is 12.7. The molecule has 0 aliphatic carbocycles. The van der Waals surface area contributed by atoms with E-state index in [1.807, 2.05) is 10.7 Å². The van der Waals surface area contributed by atoms with Gasteiger partial charge in [-0.05, 0) is 35.9 Å². The van der Waals surface area contributed by atoms with Crippen LogP contribution in [-0.2, 0) is 6.54 Å². The summed E-state index contributed by atoms with van der Waals surface area (Å²) in [5.74, 6) is 1.31. The van der Waals surface area contributed by atoms with E-state index in [0.717, 1.165) is 23.6 Å². The minimum atomic E-state index is 0.419. The Morgan fingerprint density at radius 3 is 2.95 bits per heavy atom. The van der Waals surface area contributed by atoms with Crippen LogP contribution in [0.15, 0.2) is 29.9 Å². The number of aromatic nitrogens is 3. The van der Waals surface area contributed by atoms with E-state index in [0.29, 0.717) is 5.92 Å². The molecule has 0 aliphatic rings. The van der Waals surface area contributed by atoms with Crippen molar-refractivity contribution in [2.45, 2.75) is 33.2 Å². The molecule has 3 rings (SSSR count). The summed E-state index contributed by atoms with van der Waals surface area (Å²) in [5, 5.41) is 10.1. The first-order chi connectivity index (χ1) is 9.65. The monoisotopic (exact) mass is 286 g/mol. The normalized spacial score (nSPS) is 11.4. The largest absolute Gasteiger partial charge is 0.363 e. The van der Waals surface area contributed by atoms with Gasteiger partial charge in [0.1, 0.15) is 5.52 Å². The predicted octanol–water partition coefficient (Wildman–Crippen LogP) is 3.83. The van der Waals surface area contributed by atoms with Crippen LogP contribution in [0.1, 0.15) is 35.9 Å². The third-order valence-electron chi connectivity index (χ3n) is 3.38. The molecule has 0 spiro atoms. The van der Waals surface area contributed by atoms with Crippen molar-refractivity contribution in [2.75, 3.05) is 5.32 Å². The maximum Gasteiger partial charge on any atom is 0.152 e. The van der Waals surface area contributed by atoms with Crippen LogP contribution < -0.4 is 5.32 Å². The first kappa shape index (κ1) is 13.1. The molecule has 0 radical (unpaired) electrons. The molecule has 0 saturated heterocycles. The van der Waals surface area contributed by atoms with Gasteiger partial charge in [-0.1, -0.05) is 13.8 Å². The molecule has 0 bridgehead atoms. The molecule has 0 saturated carbocycles. The minimum absolute atomic E-state index is 0.419. The van der Waals surface area contributed by atoms with Crippen molar-refractivity contribution in [1.29, 1.82) is 0 Å². The number of nitrogens with one attached hydrogen (secondary N) is 1. The van der Waals surface area contributed by atoms with Crippen LogP contribution >= 0.6 is 11.3 Å². The topological polar surface area (TPSA) is 42.2 Å². The van der Waals surface area contributed by atoms with Crippen LogP contribution in [0.5, 0.6) is 0 Å². The van der Waals surface area contributed by atoms with Crippen molar-refractivity contribution in [2.24, 2.45) is 0 Å². The SMILES string of the molecule is Cc1ccsc1CNc1nccn2nc(C(C)C)cc12. The molecule has 1 N–H and O–H groups in total.